The highest BCUT2D eigenvalue weighted by Crippen LogP contribution is 2.17. The first kappa shape index (κ1) is 15.6. The monoisotopic (exact) mass is 332 g/mol. The van der Waals surface area contributed by atoms with Crippen molar-refractivity contribution in [2.45, 2.75) is 25.6 Å². The van der Waals surface area contributed by atoms with E-state index >= 15 is 0 Å². The van der Waals surface area contributed by atoms with Crippen LogP contribution in [0.1, 0.15) is 28.2 Å². The Morgan fingerprint density at radius 3 is 3.09 bits per heavy atom. The quantitative estimate of drug-likeness (QED) is 0.852. The lowest BCUT2D eigenvalue weighted by Crippen LogP contribution is -2.26. The number of carbonyl (C=O) groups is 2. The van der Waals surface area contributed by atoms with Crippen LogP contribution in [0.3, 0.4) is 0 Å². The molecule has 2 aromatic rings. The summed E-state index contributed by atoms with van der Waals surface area (Å²) in [7, 11) is 0. The van der Waals surface area contributed by atoms with E-state index in [9.17, 15) is 9.59 Å². The number of nitrogens with zero attached hydrogens (tertiary/aromatic N) is 1. The second-order valence-electron chi connectivity index (χ2n) is 5.07. The molecule has 2 heterocycles. The zero-order chi connectivity index (χ0) is 16.1. The summed E-state index contributed by atoms with van der Waals surface area (Å²) < 4.78 is 10.5. The highest BCUT2D eigenvalue weighted by molar-refractivity contribution is 7.09. The fourth-order valence-electron chi connectivity index (χ4n) is 2.27. The zero-order valence-corrected chi connectivity index (χ0v) is 13.2. The molecule has 1 aromatic carbocycles. The van der Waals surface area contributed by atoms with E-state index in [4.69, 9.17) is 9.47 Å². The van der Waals surface area contributed by atoms with Gasteiger partial charge in [-0.15, -0.1) is 11.3 Å². The predicted octanol–water partition coefficient (Wildman–Crippen LogP) is 2.62. The third-order valence-electron chi connectivity index (χ3n) is 3.40. The first-order valence-electron chi connectivity index (χ1n) is 7.30. The van der Waals surface area contributed by atoms with E-state index in [-0.39, 0.29) is 12.5 Å². The Bertz CT molecular complexity index is 681. The van der Waals surface area contributed by atoms with Crippen molar-refractivity contribution in [2.24, 2.45) is 0 Å². The predicted molar refractivity (Wildman–Crippen MR) is 85.3 cm³/mol. The normalized spacial score (nSPS) is 17.0. The number of esters is 1. The van der Waals surface area contributed by atoms with Crippen LogP contribution in [-0.2, 0) is 20.9 Å². The van der Waals surface area contributed by atoms with Gasteiger partial charge in [-0.3, -0.25) is 4.79 Å². The third kappa shape index (κ3) is 4.14. The van der Waals surface area contributed by atoms with Crippen LogP contribution in [0, 0.1) is 0 Å². The molecule has 23 heavy (non-hydrogen) atoms. The van der Waals surface area contributed by atoms with Crippen molar-refractivity contribution in [3.8, 4) is 0 Å². The van der Waals surface area contributed by atoms with Gasteiger partial charge in [-0.05, 0) is 31.0 Å². The van der Waals surface area contributed by atoms with Gasteiger partial charge in [0.1, 0.15) is 17.7 Å². The Hall–Kier alpha value is -2.25. The van der Waals surface area contributed by atoms with E-state index in [0.717, 1.165) is 17.8 Å². The molecule has 7 heteroatoms. The van der Waals surface area contributed by atoms with Crippen LogP contribution in [0.2, 0.25) is 0 Å². The van der Waals surface area contributed by atoms with Gasteiger partial charge in [0.05, 0.1) is 5.56 Å². The van der Waals surface area contributed by atoms with Gasteiger partial charge in [-0.25, -0.2) is 9.78 Å². The molecule has 1 aliphatic rings. The van der Waals surface area contributed by atoms with Crippen molar-refractivity contribution in [1.29, 1.82) is 0 Å². The molecule has 120 valence electrons. The lowest BCUT2D eigenvalue weighted by atomic mass is 10.2. The molecular formula is C16H16N2O4S. The highest BCUT2D eigenvalue weighted by Gasteiger charge is 2.23. The summed E-state index contributed by atoms with van der Waals surface area (Å²) in [5, 5.41) is 5.33. The number of hydrogen-bond acceptors (Lipinski definition) is 6. The van der Waals surface area contributed by atoms with Crippen LogP contribution in [0.25, 0.3) is 0 Å². The van der Waals surface area contributed by atoms with Gasteiger partial charge in [0, 0.05) is 23.9 Å². The Kier molecular flexibility index (Phi) is 4.99. The Morgan fingerprint density at radius 1 is 1.43 bits per heavy atom. The molecule has 1 fully saturated rings. The summed E-state index contributed by atoms with van der Waals surface area (Å²) >= 11 is 1.43. The number of hydrogen-bond donors (Lipinski definition) is 1. The van der Waals surface area contributed by atoms with Crippen LogP contribution in [-0.4, -0.2) is 29.6 Å². The van der Waals surface area contributed by atoms with Crippen molar-refractivity contribution in [2.75, 3.05) is 11.9 Å². The average molecular weight is 332 g/mol. The van der Waals surface area contributed by atoms with Crippen molar-refractivity contribution in [3.63, 3.8) is 0 Å². The second-order valence-corrected chi connectivity index (χ2v) is 6.05. The number of benzene rings is 1. The first-order valence-corrected chi connectivity index (χ1v) is 8.18. The minimum Gasteiger partial charge on any atom is -0.455 e. The van der Waals surface area contributed by atoms with Crippen LogP contribution in [0.5, 0.6) is 0 Å². The summed E-state index contributed by atoms with van der Waals surface area (Å²) in [5.41, 5.74) is 0.931. The van der Waals surface area contributed by atoms with E-state index in [1.807, 2.05) is 5.38 Å². The second kappa shape index (κ2) is 7.34. The molecule has 6 nitrogen and oxygen atoms in total. The maximum absolute atomic E-state index is 12.1. The molecule has 0 aliphatic carbocycles. The van der Waals surface area contributed by atoms with E-state index in [1.165, 1.54) is 11.3 Å². The maximum Gasteiger partial charge on any atom is 0.338 e. The molecule has 0 radical (unpaired) electrons. The molecule has 1 N–H and O–H groups in total. The van der Waals surface area contributed by atoms with Crippen LogP contribution in [0.15, 0.2) is 35.8 Å². The molecule has 0 spiro atoms. The molecule has 1 atom stereocenters. The molecule has 1 saturated heterocycles. The van der Waals surface area contributed by atoms with E-state index in [0.29, 0.717) is 17.9 Å². The molecule has 0 saturated carbocycles. The third-order valence-corrected chi connectivity index (χ3v) is 4.15. The summed E-state index contributed by atoms with van der Waals surface area (Å²) in [6, 6.07) is 6.67. The van der Waals surface area contributed by atoms with Gasteiger partial charge in [-0.1, -0.05) is 6.07 Å². The largest absolute Gasteiger partial charge is 0.455 e. The maximum atomic E-state index is 12.1. The minimum atomic E-state index is -0.451. The fraction of sp³-hybridized carbons (Fsp3) is 0.312. The summed E-state index contributed by atoms with van der Waals surface area (Å²) in [6.45, 7) is 0.754. The smallest absolute Gasteiger partial charge is 0.338 e. The molecular weight excluding hydrogens is 316 g/mol. The molecule has 3 rings (SSSR count). The van der Waals surface area contributed by atoms with Crippen molar-refractivity contribution < 1.29 is 19.1 Å². The lowest BCUT2D eigenvalue weighted by Gasteiger charge is -2.11. The van der Waals surface area contributed by atoms with Crippen LogP contribution >= 0.6 is 11.3 Å². The van der Waals surface area contributed by atoms with E-state index in [1.54, 1.807) is 30.5 Å². The summed E-state index contributed by atoms with van der Waals surface area (Å²) in [5.74, 6) is -0.635. The van der Waals surface area contributed by atoms with Gasteiger partial charge in [0.25, 0.3) is 5.91 Å². The lowest BCUT2D eigenvalue weighted by molar-refractivity contribution is -0.124. The average Bonchev–Trinajstić information content (AvgIpc) is 3.26. The van der Waals surface area contributed by atoms with Crippen molar-refractivity contribution in [3.05, 3.63) is 46.4 Å². The Morgan fingerprint density at radius 2 is 2.35 bits per heavy atom. The fourth-order valence-corrected chi connectivity index (χ4v) is 2.79. The number of thiazole rings is 1. The summed E-state index contributed by atoms with van der Waals surface area (Å²) in [6.07, 6.45) is 2.87. The summed E-state index contributed by atoms with van der Waals surface area (Å²) in [4.78, 5) is 28.1. The van der Waals surface area contributed by atoms with Gasteiger partial charge < -0.3 is 14.8 Å². The number of carbonyl (C=O) groups excluding carboxylic acids is 2. The Labute approximate surface area is 137 Å². The van der Waals surface area contributed by atoms with Gasteiger partial charge in [0.2, 0.25) is 0 Å². The number of nitrogens with one attached hydrogen (secondary N) is 1. The topological polar surface area (TPSA) is 77.5 Å². The molecule has 1 aromatic heterocycles. The number of rotatable bonds is 5. The standard InChI is InChI=1S/C16H16N2O4S/c19-15(13-5-2-7-21-13)18-12-4-1-3-11(9-12)16(20)22-10-14-17-6-8-23-14/h1,3-4,6,8-9,13H,2,5,7,10H2,(H,18,19)/t13-/m1/s1. The first-order chi connectivity index (χ1) is 11.2. The van der Waals surface area contributed by atoms with Crippen LogP contribution < -0.4 is 5.32 Å². The van der Waals surface area contributed by atoms with E-state index < -0.39 is 12.1 Å². The molecule has 1 amide bonds. The highest BCUT2D eigenvalue weighted by atomic mass is 32.1. The number of aromatic nitrogens is 1. The SMILES string of the molecule is O=C(OCc1nccs1)c1cccc(NC(=O)[C@H]2CCCO2)c1. The van der Waals surface area contributed by atoms with E-state index in [2.05, 4.69) is 10.3 Å². The van der Waals surface area contributed by atoms with Crippen molar-refractivity contribution >= 4 is 28.9 Å². The molecule has 1 aliphatic heterocycles. The molecule has 0 unspecified atom stereocenters. The number of ether oxygens (including phenoxy) is 2. The number of amides is 1. The molecule has 0 bridgehead atoms. The zero-order valence-electron chi connectivity index (χ0n) is 12.4. The number of anilines is 1. The Balaban J connectivity index is 1.59. The van der Waals surface area contributed by atoms with Gasteiger partial charge in [-0.2, -0.15) is 0 Å². The van der Waals surface area contributed by atoms with Gasteiger partial charge >= 0.3 is 5.97 Å². The van der Waals surface area contributed by atoms with Gasteiger partial charge in [0.15, 0.2) is 0 Å². The minimum absolute atomic E-state index is 0.142. The van der Waals surface area contributed by atoms with Crippen molar-refractivity contribution in [1.82, 2.24) is 4.98 Å². The van der Waals surface area contributed by atoms with Crippen LogP contribution in [0.4, 0.5) is 5.69 Å².